The van der Waals surface area contributed by atoms with Gasteiger partial charge in [-0.15, -0.1) is 0 Å². The number of esters is 1. The third kappa shape index (κ3) is 3.92. The van der Waals surface area contributed by atoms with Crippen LogP contribution in [-0.4, -0.2) is 42.0 Å². The summed E-state index contributed by atoms with van der Waals surface area (Å²) in [5.41, 5.74) is 1.11. The fraction of sp³-hybridized carbons (Fsp3) is 0.120. The van der Waals surface area contributed by atoms with Crippen LogP contribution in [0.5, 0.6) is 0 Å². The summed E-state index contributed by atoms with van der Waals surface area (Å²) in [6, 6.07) is 16.6. The van der Waals surface area contributed by atoms with E-state index in [2.05, 4.69) is 0 Å². The molecule has 3 aromatic rings. The molecule has 0 radical (unpaired) electrons. The summed E-state index contributed by atoms with van der Waals surface area (Å²) in [5, 5.41) is 0. The summed E-state index contributed by atoms with van der Waals surface area (Å²) in [6.45, 7) is -0.425. The first-order valence-corrected chi connectivity index (χ1v) is 9.84. The van der Waals surface area contributed by atoms with E-state index in [0.717, 1.165) is 0 Å². The van der Waals surface area contributed by atoms with E-state index in [0.29, 0.717) is 5.56 Å². The van der Waals surface area contributed by atoms with Crippen molar-refractivity contribution in [1.29, 1.82) is 0 Å². The van der Waals surface area contributed by atoms with E-state index in [9.17, 15) is 23.6 Å². The van der Waals surface area contributed by atoms with Crippen LogP contribution in [0.1, 0.15) is 47.8 Å². The van der Waals surface area contributed by atoms with Gasteiger partial charge in [-0.05, 0) is 23.8 Å². The average Bonchev–Trinajstić information content (AvgIpc) is 2.80. The van der Waals surface area contributed by atoms with Crippen molar-refractivity contribution in [2.24, 2.45) is 0 Å². The maximum absolute atomic E-state index is 13.3. The Morgan fingerprint density at radius 3 is 2.25 bits per heavy atom. The molecule has 0 bridgehead atoms. The first kappa shape index (κ1) is 21.1. The maximum Gasteiger partial charge on any atom is 0.339 e. The summed E-state index contributed by atoms with van der Waals surface area (Å²) >= 11 is 0. The zero-order valence-electron chi connectivity index (χ0n) is 17.1. The smallest absolute Gasteiger partial charge is 0.339 e. The Hall–Kier alpha value is -4.13. The van der Waals surface area contributed by atoms with Gasteiger partial charge in [-0.25, -0.2) is 9.18 Å². The van der Waals surface area contributed by atoms with E-state index in [1.165, 1.54) is 54.4 Å². The highest BCUT2D eigenvalue weighted by Crippen LogP contribution is 2.29. The molecule has 3 aromatic carbocycles. The number of nitrogens with zero attached hydrogens (tertiary/aromatic N) is 1. The van der Waals surface area contributed by atoms with Gasteiger partial charge < -0.3 is 9.64 Å². The lowest BCUT2D eigenvalue weighted by atomic mass is 9.82. The number of halogens is 1. The topological polar surface area (TPSA) is 80.8 Å². The third-order valence-electron chi connectivity index (χ3n) is 5.23. The van der Waals surface area contributed by atoms with Gasteiger partial charge in [-0.2, -0.15) is 0 Å². The summed E-state index contributed by atoms with van der Waals surface area (Å²) in [4.78, 5) is 52.2. The molecule has 0 N–H and O–H groups in total. The van der Waals surface area contributed by atoms with Crippen molar-refractivity contribution in [3.63, 3.8) is 0 Å². The molecule has 0 heterocycles. The molecule has 0 unspecified atom stereocenters. The SMILES string of the molecule is CN(Cc1cccc(F)c1)C(=O)COC(=O)c1cccc2c1C(=O)c1ccccc1C2=O. The van der Waals surface area contributed by atoms with Crippen molar-refractivity contribution in [2.75, 3.05) is 13.7 Å². The molecule has 1 amide bonds. The van der Waals surface area contributed by atoms with Gasteiger partial charge in [0.2, 0.25) is 0 Å². The van der Waals surface area contributed by atoms with Crippen molar-refractivity contribution in [2.45, 2.75) is 6.54 Å². The number of fused-ring (bicyclic) bond motifs is 2. The number of hydrogen-bond donors (Lipinski definition) is 0. The molecular formula is C25H18FNO5. The zero-order chi connectivity index (χ0) is 22.8. The number of carbonyl (C=O) groups is 4. The molecule has 1 aliphatic carbocycles. The van der Waals surface area contributed by atoms with Crippen LogP contribution >= 0.6 is 0 Å². The predicted molar refractivity (Wildman–Crippen MR) is 113 cm³/mol. The van der Waals surface area contributed by atoms with Gasteiger partial charge in [0.05, 0.1) is 5.56 Å². The number of amides is 1. The van der Waals surface area contributed by atoms with E-state index >= 15 is 0 Å². The highest BCUT2D eigenvalue weighted by Gasteiger charge is 2.33. The van der Waals surface area contributed by atoms with Crippen molar-refractivity contribution in [3.05, 3.63) is 106 Å². The van der Waals surface area contributed by atoms with E-state index in [-0.39, 0.29) is 40.1 Å². The van der Waals surface area contributed by atoms with Gasteiger partial charge >= 0.3 is 5.97 Å². The third-order valence-corrected chi connectivity index (χ3v) is 5.23. The Balaban J connectivity index is 1.50. The first-order valence-electron chi connectivity index (χ1n) is 9.84. The van der Waals surface area contributed by atoms with Crippen LogP contribution in [0.4, 0.5) is 4.39 Å². The molecule has 0 saturated carbocycles. The fourth-order valence-electron chi connectivity index (χ4n) is 3.63. The molecule has 1 aliphatic rings. The molecule has 32 heavy (non-hydrogen) atoms. The Labute approximate surface area is 183 Å². The lowest BCUT2D eigenvalue weighted by Crippen LogP contribution is -2.31. The molecule has 0 fully saturated rings. The Morgan fingerprint density at radius 2 is 1.53 bits per heavy atom. The molecule has 0 aliphatic heterocycles. The van der Waals surface area contributed by atoms with E-state index in [4.69, 9.17) is 4.74 Å². The van der Waals surface area contributed by atoms with Crippen LogP contribution in [-0.2, 0) is 16.1 Å². The average molecular weight is 431 g/mol. The molecule has 7 heteroatoms. The number of carbonyl (C=O) groups excluding carboxylic acids is 4. The van der Waals surface area contributed by atoms with E-state index in [1.54, 1.807) is 24.3 Å². The molecule has 0 aromatic heterocycles. The zero-order valence-corrected chi connectivity index (χ0v) is 17.1. The van der Waals surface area contributed by atoms with Gasteiger partial charge in [0.1, 0.15) is 5.82 Å². The summed E-state index contributed by atoms with van der Waals surface area (Å²) in [5.74, 6) is -2.59. The monoisotopic (exact) mass is 431 g/mol. The van der Waals surface area contributed by atoms with Gasteiger partial charge in [0.25, 0.3) is 5.91 Å². The Kier molecular flexibility index (Phi) is 5.64. The molecule has 0 spiro atoms. The maximum atomic E-state index is 13.3. The van der Waals surface area contributed by atoms with Crippen molar-refractivity contribution >= 4 is 23.4 Å². The molecular weight excluding hydrogens is 413 g/mol. The minimum Gasteiger partial charge on any atom is -0.452 e. The predicted octanol–water partition coefficient (Wildman–Crippen LogP) is 3.42. The first-order chi connectivity index (χ1) is 15.4. The standard InChI is InChI=1S/C25H18FNO5/c1-27(13-15-6-4-7-16(26)12-15)21(28)14-32-25(31)20-11-5-10-19-22(20)24(30)18-9-3-2-8-17(18)23(19)29/h2-12H,13-14H2,1H3. The second-order valence-electron chi connectivity index (χ2n) is 7.39. The van der Waals surface area contributed by atoms with E-state index < -0.39 is 30.1 Å². The number of rotatable bonds is 5. The van der Waals surface area contributed by atoms with Crippen LogP contribution in [0.15, 0.2) is 66.7 Å². The van der Waals surface area contributed by atoms with Crippen LogP contribution in [0, 0.1) is 5.82 Å². The molecule has 160 valence electrons. The van der Waals surface area contributed by atoms with Gasteiger partial charge in [0, 0.05) is 35.8 Å². The minimum absolute atomic E-state index is 0.0261. The number of ether oxygens (including phenoxy) is 1. The van der Waals surface area contributed by atoms with Crippen molar-refractivity contribution < 1.29 is 28.3 Å². The molecule has 0 saturated heterocycles. The number of ketones is 2. The van der Waals surface area contributed by atoms with Gasteiger partial charge in [-0.3, -0.25) is 14.4 Å². The number of hydrogen-bond acceptors (Lipinski definition) is 5. The van der Waals surface area contributed by atoms with E-state index in [1.807, 2.05) is 0 Å². The lowest BCUT2D eigenvalue weighted by Gasteiger charge is -2.20. The lowest BCUT2D eigenvalue weighted by molar-refractivity contribution is -0.133. The normalized spacial score (nSPS) is 12.1. The molecule has 0 atom stereocenters. The summed E-state index contributed by atoms with van der Waals surface area (Å²) in [6.07, 6.45) is 0. The van der Waals surface area contributed by atoms with Gasteiger partial charge in [-0.1, -0.05) is 48.5 Å². The fourth-order valence-corrected chi connectivity index (χ4v) is 3.63. The molecule has 6 nitrogen and oxygen atoms in total. The Bertz CT molecular complexity index is 1270. The summed E-state index contributed by atoms with van der Waals surface area (Å²) < 4.78 is 18.5. The minimum atomic E-state index is -0.880. The number of benzene rings is 3. The second kappa shape index (κ2) is 8.55. The van der Waals surface area contributed by atoms with Crippen LogP contribution < -0.4 is 0 Å². The van der Waals surface area contributed by atoms with Crippen molar-refractivity contribution in [3.8, 4) is 0 Å². The van der Waals surface area contributed by atoms with Crippen LogP contribution in [0.25, 0.3) is 0 Å². The van der Waals surface area contributed by atoms with Gasteiger partial charge in [0.15, 0.2) is 18.2 Å². The quantitative estimate of drug-likeness (QED) is 0.453. The van der Waals surface area contributed by atoms with Crippen LogP contribution in [0.2, 0.25) is 0 Å². The Morgan fingerprint density at radius 1 is 0.875 bits per heavy atom. The largest absolute Gasteiger partial charge is 0.452 e. The highest BCUT2D eigenvalue weighted by atomic mass is 19.1. The van der Waals surface area contributed by atoms with Crippen molar-refractivity contribution in [1.82, 2.24) is 4.90 Å². The van der Waals surface area contributed by atoms with Crippen LogP contribution in [0.3, 0.4) is 0 Å². The molecule has 4 rings (SSSR count). The number of likely N-dealkylation sites (N-methyl/N-ethyl adjacent to an activating group) is 1. The highest BCUT2D eigenvalue weighted by molar-refractivity contribution is 6.30. The summed E-state index contributed by atoms with van der Waals surface area (Å²) in [7, 11) is 1.50. The second-order valence-corrected chi connectivity index (χ2v) is 7.39.